The average Bonchev–Trinajstić information content (AvgIpc) is 3.24. The van der Waals surface area contributed by atoms with Crippen molar-refractivity contribution in [2.45, 2.75) is 31.6 Å². The van der Waals surface area contributed by atoms with E-state index in [4.69, 9.17) is 4.42 Å². The predicted molar refractivity (Wildman–Crippen MR) is 118 cm³/mol. The SMILES string of the molecule is CCN1CCN(c2oc(-c3ccc(S(=O)(=O)N4CCC(C)CC4)cc3)nc2C#N)CC1. The zero-order valence-electron chi connectivity index (χ0n) is 18.1. The maximum atomic E-state index is 12.9. The molecule has 0 bridgehead atoms. The Kier molecular flexibility index (Phi) is 6.32. The number of hydrogen-bond acceptors (Lipinski definition) is 7. The van der Waals surface area contributed by atoms with Gasteiger partial charge in [-0.15, -0.1) is 0 Å². The smallest absolute Gasteiger partial charge is 0.243 e. The van der Waals surface area contributed by atoms with E-state index in [2.05, 4.69) is 34.7 Å². The number of rotatable bonds is 5. The van der Waals surface area contributed by atoms with E-state index < -0.39 is 10.0 Å². The molecule has 9 heteroatoms. The molecular formula is C22H29N5O3S. The van der Waals surface area contributed by atoms with E-state index >= 15 is 0 Å². The Hall–Kier alpha value is -2.41. The van der Waals surface area contributed by atoms with Crippen LogP contribution < -0.4 is 4.90 Å². The number of nitrogens with zero attached hydrogens (tertiary/aromatic N) is 5. The summed E-state index contributed by atoms with van der Waals surface area (Å²) in [6.07, 6.45) is 1.78. The largest absolute Gasteiger partial charge is 0.419 e. The highest BCUT2D eigenvalue weighted by atomic mass is 32.2. The average molecular weight is 444 g/mol. The molecule has 0 spiro atoms. The predicted octanol–water partition coefficient (Wildman–Crippen LogP) is 2.78. The summed E-state index contributed by atoms with van der Waals surface area (Å²) in [5.41, 5.74) is 0.917. The fourth-order valence-corrected chi connectivity index (χ4v) is 5.60. The molecule has 0 aliphatic carbocycles. The molecule has 0 saturated carbocycles. The maximum absolute atomic E-state index is 12.9. The van der Waals surface area contributed by atoms with Crippen LogP contribution >= 0.6 is 0 Å². The highest BCUT2D eigenvalue weighted by Gasteiger charge is 2.28. The van der Waals surface area contributed by atoms with Gasteiger partial charge in [0.15, 0.2) is 0 Å². The minimum atomic E-state index is -3.50. The third-order valence-corrected chi connectivity index (χ3v) is 8.22. The molecule has 2 aliphatic heterocycles. The lowest BCUT2D eigenvalue weighted by Crippen LogP contribution is -2.46. The summed E-state index contributed by atoms with van der Waals surface area (Å²) in [5, 5.41) is 9.53. The van der Waals surface area contributed by atoms with E-state index in [1.54, 1.807) is 28.6 Å². The highest BCUT2D eigenvalue weighted by Crippen LogP contribution is 2.30. The molecule has 2 aliphatic rings. The third-order valence-electron chi connectivity index (χ3n) is 6.30. The van der Waals surface area contributed by atoms with Crippen LogP contribution in [0.25, 0.3) is 11.5 Å². The van der Waals surface area contributed by atoms with Crippen molar-refractivity contribution in [3.05, 3.63) is 30.0 Å². The van der Waals surface area contributed by atoms with Gasteiger partial charge >= 0.3 is 0 Å². The van der Waals surface area contributed by atoms with Crippen LogP contribution in [0.15, 0.2) is 33.6 Å². The fourth-order valence-electron chi connectivity index (χ4n) is 4.13. The standard InChI is InChI=1S/C22H29N5O3S/c1-3-25-12-14-26(15-13-25)22-20(16-23)24-21(30-22)18-4-6-19(7-5-18)31(28,29)27-10-8-17(2)9-11-27/h4-7,17H,3,8-15H2,1-2H3. The van der Waals surface area contributed by atoms with Gasteiger partial charge in [-0.1, -0.05) is 13.8 Å². The summed E-state index contributed by atoms with van der Waals surface area (Å²) in [4.78, 5) is 9.03. The number of piperidine rings is 1. The first-order valence-electron chi connectivity index (χ1n) is 10.9. The number of anilines is 1. The van der Waals surface area contributed by atoms with Crippen molar-refractivity contribution in [1.82, 2.24) is 14.2 Å². The van der Waals surface area contributed by atoms with Crippen LogP contribution in [0.5, 0.6) is 0 Å². The molecule has 31 heavy (non-hydrogen) atoms. The van der Waals surface area contributed by atoms with Gasteiger partial charge in [0.25, 0.3) is 0 Å². The van der Waals surface area contributed by atoms with Gasteiger partial charge in [0.2, 0.25) is 27.5 Å². The van der Waals surface area contributed by atoms with E-state index in [1.807, 2.05) is 0 Å². The molecule has 4 rings (SSSR count). The Morgan fingerprint density at radius 3 is 2.32 bits per heavy atom. The Morgan fingerprint density at radius 1 is 1.10 bits per heavy atom. The summed E-state index contributed by atoms with van der Waals surface area (Å²) in [5.74, 6) is 1.39. The van der Waals surface area contributed by atoms with Crippen LogP contribution in [0.1, 0.15) is 32.4 Å². The molecule has 0 N–H and O–H groups in total. The molecule has 2 fully saturated rings. The first-order valence-corrected chi connectivity index (χ1v) is 12.3. The van der Waals surface area contributed by atoms with E-state index in [0.29, 0.717) is 36.3 Å². The number of hydrogen-bond donors (Lipinski definition) is 0. The van der Waals surface area contributed by atoms with Crippen LogP contribution in [-0.4, -0.2) is 68.4 Å². The van der Waals surface area contributed by atoms with Crippen LogP contribution in [-0.2, 0) is 10.0 Å². The van der Waals surface area contributed by atoms with Gasteiger partial charge in [-0.05, 0) is 49.6 Å². The van der Waals surface area contributed by atoms with Crippen LogP contribution in [0.3, 0.4) is 0 Å². The molecule has 1 aromatic heterocycles. The van der Waals surface area contributed by atoms with Crippen LogP contribution in [0, 0.1) is 17.2 Å². The minimum Gasteiger partial charge on any atom is -0.419 e. The fraction of sp³-hybridized carbons (Fsp3) is 0.545. The summed E-state index contributed by atoms with van der Waals surface area (Å²) in [6.45, 7) is 9.81. The minimum absolute atomic E-state index is 0.263. The summed E-state index contributed by atoms with van der Waals surface area (Å²) in [6, 6.07) is 8.72. The van der Waals surface area contributed by atoms with Crippen molar-refractivity contribution in [3.8, 4) is 17.5 Å². The Balaban J connectivity index is 1.53. The number of likely N-dealkylation sites (N-methyl/N-ethyl adjacent to an activating group) is 1. The van der Waals surface area contributed by atoms with E-state index in [-0.39, 0.29) is 10.6 Å². The van der Waals surface area contributed by atoms with Gasteiger partial charge in [0, 0.05) is 44.8 Å². The van der Waals surface area contributed by atoms with Gasteiger partial charge in [0.05, 0.1) is 4.90 Å². The Labute approximate surface area is 184 Å². The zero-order valence-corrected chi connectivity index (χ0v) is 18.9. The zero-order chi connectivity index (χ0) is 22.0. The van der Waals surface area contributed by atoms with Gasteiger partial charge in [0.1, 0.15) is 6.07 Å². The van der Waals surface area contributed by atoms with Crippen molar-refractivity contribution in [2.75, 3.05) is 50.7 Å². The lowest BCUT2D eigenvalue weighted by atomic mass is 10.0. The highest BCUT2D eigenvalue weighted by molar-refractivity contribution is 7.89. The first kappa shape index (κ1) is 21.8. The molecule has 0 radical (unpaired) electrons. The molecule has 1 aromatic carbocycles. The molecule has 2 aromatic rings. The van der Waals surface area contributed by atoms with Gasteiger partial charge in [-0.2, -0.15) is 14.6 Å². The second-order valence-electron chi connectivity index (χ2n) is 8.32. The number of nitriles is 1. The summed E-state index contributed by atoms with van der Waals surface area (Å²) < 4.78 is 33.4. The molecule has 0 unspecified atom stereocenters. The number of benzene rings is 1. The van der Waals surface area contributed by atoms with Crippen molar-refractivity contribution >= 4 is 15.9 Å². The molecule has 3 heterocycles. The van der Waals surface area contributed by atoms with Crippen molar-refractivity contribution in [1.29, 1.82) is 5.26 Å². The third kappa shape index (κ3) is 4.47. The van der Waals surface area contributed by atoms with Crippen molar-refractivity contribution < 1.29 is 12.8 Å². The summed E-state index contributed by atoms with van der Waals surface area (Å²) >= 11 is 0. The number of sulfonamides is 1. The Bertz CT molecular complexity index is 1040. The number of piperazine rings is 1. The first-order chi connectivity index (χ1) is 14.9. The second-order valence-corrected chi connectivity index (χ2v) is 10.3. The lowest BCUT2D eigenvalue weighted by Gasteiger charge is -2.33. The lowest BCUT2D eigenvalue weighted by molar-refractivity contribution is 0.266. The van der Waals surface area contributed by atoms with Crippen LogP contribution in [0.4, 0.5) is 5.88 Å². The van der Waals surface area contributed by atoms with Gasteiger partial charge in [-0.3, -0.25) is 0 Å². The normalized spacial score (nSPS) is 19.5. The van der Waals surface area contributed by atoms with E-state index in [0.717, 1.165) is 45.6 Å². The second kappa shape index (κ2) is 8.99. The van der Waals surface area contributed by atoms with E-state index in [1.165, 1.54) is 0 Å². The molecule has 0 amide bonds. The quantitative estimate of drug-likeness (QED) is 0.701. The van der Waals surface area contributed by atoms with Crippen molar-refractivity contribution in [2.24, 2.45) is 5.92 Å². The van der Waals surface area contributed by atoms with Gasteiger partial charge in [-0.25, -0.2) is 8.42 Å². The molecule has 2 saturated heterocycles. The molecule has 8 nitrogen and oxygen atoms in total. The topological polar surface area (TPSA) is 93.7 Å². The Morgan fingerprint density at radius 2 is 1.74 bits per heavy atom. The molecular weight excluding hydrogens is 414 g/mol. The number of oxazole rings is 1. The van der Waals surface area contributed by atoms with Gasteiger partial charge < -0.3 is 14.2 Å². The van der Waals surface area contributed by atoms with E-state index in [9.17, 15) is 13.7 Å². The number of aromatic nitrogens is 1. The molecule has 0 atom stereocenters. The molecule has 166 valence electrons. The maximum Gasteiger partial charge on any atom is 0.243 e. The van der Waals surface area contributed by atoms with Crippen LogP contribution in [0.2, 0.25) is 0 Å². The van der Waals surface area contributed by atoms with Crippen molar-refractivity contribution in [3.63, 3.8) is 0 Å². The summed E-state index contributed by atoms with van der Waals surface area (Å²) in [7, 11) is -3.50. The monoisotopic (exact) mass is 443 g/mol.